The molecule has 2 atom stereocenters. The molecular formula is C25H28FN5O3S. The van der Waals surface area contributed by atoms with Crippen LogP contribution in [0, 0.1) is 19.7 Å². The van der Waals surface area contributed by atoms with Gasteiger partial charge in [-0.25, -0.2) is 9.18 Å². The zero-order valence-corrected chi connectivity index (χ0v) is 20.7. The molecule has 35 heavy (non-hydrogen) atoms. The first-order chi connectivity index (χ1) is 16.8. The van der Waals surface area contributed by atoms with Crippen LogP contribution >= 0.6 is 11.8 Å². The molecule has 4 rings (SSSR count). The van der Waals surface area contributed by atoms with Gasteiger partial charge in [0, 0.05) is 17.9 Å². The number of aryl methyl sites for hydroxylation is 2. The summed E-state index contributed by atoms with van der Waals surface area (Å²) < 4.78 is 21.1. The largest absolute Gasteiger partial charge is 0.376 e. The van der Waals surface area contributed by atoms with E-state index >= 15 is 0 Å². The van der Waals surface area contributed by atoms with Gasteiger partial charge in [-0.1, -0.05) is 29.5 Å². The summed E-state index contributed by atoms with van der Waals surface area (Å²) in [6, 6.07) is 11.1. The molecule has 1 aliphatic rings. The van der Waals surface area contributed by atoms with Crippen molar-refractivity contribution in [2.45, 2.75) is 56.7 Å². The van der Waals surface area contributed by atoms with E-state index in [9.17, 15) is 14.0 Å². The van der Waals surface area contributed by atoms with Gasteiger partial charge in [0.25, 0.3) is 0 Å². The first-order valence-electron chi connectivity index (χ1n) is 11.5. The number of hydrogen-bond donors (Lipinski definition) is 2. The SMILES string of the molecule is Cc1ccc(NC(=O)NC(=O)C(C)Sc2nnc(-c3ccc(F)cc3)n2CC2CCCO2)c(C)c1. The molecule has 10 heteroatoms. The zero-order valence-electron chi connectivity index (χ0n) is 19.9. The number of ether oxygens (including phenoxy) is 1. The molecule has 2 N–H and O–H groups in total. The van der Waals surface area contributed by atoms with Crippen LogP contribution in [0.3, 0.4) is 0 Å². The van der Waals surface area contributed by atoms with Crippen molar-refractivity contribution in [1.29, 1.82) is 0 Å². The molecule has 1 aliphatic heterocycles. The third-order valence-electron chi connectivity index (χ3n) is 5.75. The lowest BCUT2D eigenvalue weighted by atomic mass is 10.1. The predicted octanol–water partition coefficient (Wildman–Crippen LogP) is 4.71. The van der Waals surface area contributed by atoms with Gasteiger partial charge >= 0.3 is 6.03 Å². The van der Waals surface area contributed by atoms with Crippen molar-refractivity contribution < 1.29 is 18.7 Å². The maximum atomic E-state index is 13.4. The Morgan fingerprint density at radius 2 is 1.97 bits per heavy atom. The van der Waals surface area contributed by atoms with Crippen LogP contribution in [0.5, 0.6) is 0 Å². The number of nitrogens with zero attached hydrogens (tertiary/aromatic N) is 3. The highest BCUT2D eigenvalue weighted by Crippen LogP contribution is 2.29. The maximum Gasteiger partial charge on any atom is 0.325 e. The van der Waals surface area contributed by atoms with Crippen LogP contribution < -0.4 is 10.6 Å². The Hall–Kier alpha value is -3.24. The highest BCUT2D eigenvalue weighted by atomic mass is 32.2. The lowest BCUT2D eigenvalue weighted by molar-refractivity contribution is -0.119. The molecule has 3 aromatic rings. The molecule has 2 heterocycles. The molecule has 0 saturated carbocycles. The number of nitrogens with one attached hydrogen (secondary N) is 2. The van der Waals surface area contributed by atoms with Crippen molar-refractivity contribution in [3.8, 4) is 11.4 Å². The van der Waals surface area contributed by atoms with Crippen LogP contribution in [0.1, 0.15) is 30.9 Å². The lowest BCUT2D eigenvalue weighted by Crippen LogP contribution is -2.39. The first kappa shape index (κ1) is 24.9. The maximum absolute atomic E-state index is 13.4. The Morgan fingerprint density at radius 3 is 2.66 bits per heavy atom. The summed E-state index contributed by atoms with van der Waals surface area (Å²) in [6.07, 6.45) is 1.91. The van der Waals surface area contributed by atoms with E-state index in [2.05, 4.69) is 20.8 Å². The first-order valence-corrected chi connectivity index (χ1v) is 12.3. The second-order valence-corrected chi connectivity index (χ2v) is 9.89. The topological polar surface area (TPSA) is 98.1 Å². The summed E-state index contributed by atoms with van der Waals surface area (Å²) in [5.74, 6) is -0.214. The van der Waals surface area contributed by atoms with E-state index in [0.717, 1.165) is 24.0 Å². The number of urea groups is 1. The summed E-state index contributed by atoms with van der Waals surface area (Å²) in [7, 11) is 0. The van der Waals surface area contributed by atoms with Gasteiger partial charge in [0.15, 0.2) is 11.0 Å². The van der Waals surface area contributed by atoms with Crippen LogP contribution in [0.2, 0.25) is 0 Å². The smallest absolute Gasteiger partial charge is 0.325 e. The molecule has 8 nitrogen and oxygen atoms in total. The minimum absolute atomic E-state index is 0.0113. The number of hydrogen-bond acceptors (Lipinski definition) is 6. The molecule has 0 radical (unpaired) electrons. The molecule has 2 unspecified atom stereocenters. The summed E-state index contributed by atoms with van der Waals surface area (Å²) >= 11 is 1.20. The van der Waals surface area contributed by atoms with Gasteiger partial charge in [0.1, 0.15) is 5.82 Å². The summed E-state index contributed by atoms with van der Waals surface area (Å²) in [6.45, 7) is 6.78. The molecule has 0 aliphatic carbocycles. The Labute approximate surface area is 207 Å². The number of amides is 3. The molecular weight excluding hydrogens is 469 g/mol. The van der Waals surface area contributed by atoms with Crippen LogP contribution in [0.4, 0.5) is 14.9 Å². The van der Waals surface area contributed by atoms with Crippen LogP contribution in [-0.2, 0) is 16.1 Å². The normalized spacial score (nSPS) is 16.2. The number of aromatic nitrogens is 3. The number of rotatable bonds is 7. The third kappa shape index (κ3) is 6.26. The minimum Gasteiger partial charge on any atom is -0.376 e. The van der Waals surface area contributed by atoms with E-state index in [4.69, 9.17) is 4.74 Å². The van der Waals surface area contributed by atoms with Gasteiger partial charge < -0.3 is 10.1 Å². The second kappa shape index (κ2) is 11.0. The molecule has 2 aromatic carbocycles. The van der Waals surface area contributed by atoms with Gasteiger partial charge in [0.05, 0.1) is 17.9 Å². The van der Waals surface area contributed by atoms with E-state index in [1.807, 2.05) is 30.5 Å². The molecule has 0 spiro atoms. The number of anilines is 1. The van der Waals surface area contributed by atoms with Crippen molar-refractivity contribution in [2.24, 2.45) is 0 Å². The summed E-state index contributed by atoms with van der Waals surface area (Å²) in [4.78, 5) is 25.1. The van der Waals surface area contributed by atoms with Gasteiger partial charge in [-0.05, 0) is 69.5 Å². The molecule has 184 valence electrons. The quantitative estimate of drug-likeness (QED) is 0.459. The number of thioether (sulfide) groups is 1. The predicted molar refractivity (Wildman–Crippen MR) is 133 cm³/mol. The lowest BCUT2D eigenvalue weighted by Gasteiger charge is -2.16. The van der Waals surface area contributed by atoms with Crippen molar-refractivity contribution >= 4 is 29.4 Å². The number of benzene rings is 2. The monoisotopic (exact) mass is 497 g/mol. The second-order valence-electron chi connectivity index (χ2n) is 8.58. The Balaban J connectivity index is 1.46. The van der Waals surface area contributed by atoms with Gasteiger partial charge in [-0.15, -0.1) is 10.2 Å². The number of imide groups is 1. The van der Waals surface area contributed by atoms with E-state index in [1.165, 1.54) is 23.9 Å². The Bertz CT molecular complexity index is 1210. The Kier molecular flexibility index (Phi) is 7.82. The third-order valence-corrected chi connectivity index (χ3v) is 6.83. The van der Waals surface area contributed by atoms with Crippen LogP contribution in [0.25, 0.3) is 11.4 Å². The summed E-state index contributed by atoms with van der Waals surface area (Å²) in [5, 5.41) is 13.6. The molecule has 0 bridgehead atoms. The molecule has 1 aromatic heterocycles. The molecule has 3 amide bonds. The van der Waals surface area contributed by atoms with Crippen LogP contribution in [0.15, 0.2) is 47.6 Å². The fourth-order valence-corrected chi connectivity index (χ4v) is 4.74. The molecule has 1 fully saturated rings. The minimum atomic E-state index is -0.617. The van der Waals surface area contributed by atoms with E-state index in [1.54, 1.807) is 25.1 Å². The van der Waals surface area contributed by atoms with Crippen molar-refractivity contribution in [2.75, 3.05) is 11.9 Å². The van der Waals surface area contributed by atoms with E-state index < -0.39 is 17.2 Å². The fourth-order valence-electron chi connectivity index (χ4n) is 3.88. The number of carbonyl (C=O) groups excluding carboxylic acids is 2. The Morgan fingerprint density at radius 1 is 1.20 bits per heavy atom. The highest BCUT2D eigenvalue weighted by molar-refractivity contribution is 8.00. The van der Waals surface area contributed by atoms with Gasteiger partial charge in [0.2, 0.25) is 5.91 Å². The van der Waals surface area contributed by atoms with Gasteiger partial charge in [-0.2, -0.15) is 0 Å². The van der Waals surface area contributed by atoms with Crippen molar-refractivity contribution in [1.82, 2.24) is 20.1 Å². The average Bonchev–Trinajstić information content (AvgIpc) is 3.47. The molecule has 1 saturated heterocycles. The van der Waals surface area contributed by atoms with Crippen molar-refractivity contribution in [3.05, 3.63) is 59.4 Å². The summed E-state index contributed by atoms with van der Waals surface area (Å²) in [5.41, 5.74) is 3.35. The average molecular weight is 498 g/mol. The standard InChI is InChI=1S/C25H28FN5O3S/c1-15-6-11-21(16(2)13-15)27-24(33)28-23(32)17(3)35-25-30-29-22(18-7-9-19(26)10-8-18)31(25)14-20-5-4-12-34-20/h6-11,13,17,20H,4-5,12,14H2,1-3H3,(H2,27,28,32,33). The van der Waals surface area contributed by atoms with Gasteiger partial charge in [-0.3, -0.25) is 14.7 Å². The van der Waals surface area contributed by atoms with Crippen LogP contribution in [-0.4, -0.2) is 44.7 Å². The van der Waals surface area contributed by atoms with E-state index in [-0.39, 0.29) is 11.9 Å². The zero-order chi connectivity index (χ0) is 24.9. The fraction of sp³-hybridized carbons (Fsp3) is 0.360. The number of carbonyl (C=O) groups is 2. The van der Waals surface area contributed by atoms with E-state index in [0.29, 0.717) is 35.4 Å². The number of halogens is 1. The van der Waals surface area contributed by atoms with Crippen molar-refractivity contribution in [3.63, 3.8) is 0 Å². The highest BCUT2D eigenvalue weighted by Gasteiger charge is 2.25.